The fourth-order valence-corrected chi connectivity index (χ4v) is 3.73. The van der Waals surface area contributed by atoms with Gasteiger partial charge in [0.15, 0.2) is 0 Å². The lowest BCUT2D eigenvalue weighted by molar-refractivity contribution is 0.00982. The predicted molar refractivity (Wildman–Crippen MR) is 80.9 cm³/mol. The summed E-state index contributed by atoms with van der Waals surface area (Å²) in [4.78, 5) is 14.1. The van der Waals surface area contributed by atoms with Gasteiger partial charge in [0.1, 0.15) is 11.0 Å². The van der Waals surface area contributed by atoms with Crippen LogP contribution in [0.25, 0.3) is 0 Å². The van der Waals surface area contributed by atoms with Gasteiger partial charge < -0.3 is 0 Å². The number of halogens is 1. The minimum atomic E-state index is 0.552. The summed E-state index contributed by atoms with van der Waals surface area (Å²) in [5.74, 6) is 0.853. The van der Waals surface area contributed by atoms with Crippen LogP contribution in [0.1, 0.15) is 37.7 Å². The zero-order valence-corrected chi connectivity index (χ0v) is 13.1. The second kappa shape index (κ2) is 5.96. The van der Waals surface area contributed by atoms with E-state index in [1.165, 1.54) is 32.4 Å². The van der Waals surface area contributed by atoms with E-state index in [9.17, 15) is 0 Å². The number of hydrogen-bond donors (Lipinski definition) is 0. The summed E-state index contributed by atoms with van der Waals surface area (Å²) in [6.07, 6.45) is 4.06. The first kappa shape index (κ1) is 14.2. The molecule has 2 atom stereocenters. The maximum Gasteiger partial charge on any atom is 0.144 e. The van der Waals surface area contributed by atoms with E-state index in [0.29, 0.717) is 11.2 Å². The van der Waals surface area contributed by atoms with Crippen molar-refractivity contribution in [1.82, 2.24) is 19.8 Å². The van der Waals surface area contributed by atoms with Crippen LogP contribution < -0.4 is 0 Å². The molecule has 5 heteroatoms. The number of aromatic nitrogens is 2. The van der Waals surface area contributed by atoms with Gasteiger partial charge in [0.05, 0.1) is 6.54 Å². The van der Waals surface area contributed by atoms with Crippen LogP contribution in [-0.4, -0.2) is 51.5 Å². The largest absolute Gasteiger partial charge is 0.298 e. The molecule has 3 heterocycles. The fourth-order valence-electron chi connectivity index (χ4n) is 3.47. The minimum Gasteiger partial charge on any atom is -0.298 e. The molecule has 2 aliphatic heterocycles. The van der Waals surface area contributed by atoms with Crippen LogP contribution in [0.5, 0.6) is 0 Å². The van der Waals surface area contributed by atoms with Crippen molar-refractivity contribution in [3.63, 3.8) is 0 Å². The van der Waals surface area contributed by atoms with Gasteiger partial charge in [-0.05, 0) is 39.3 Å². The number of rotatable bonds is 2. The summed E-state index contributed by atoms with van der Waals surface area (Å²) < 4.78 is 0. The Morgan fingerprint density at radius 1 is 1.30 bits per heavy atom. The summed E-state index contributed by atoms with van der Waals surface area (Å²) in [5, 5.41) is 0.552. The Morgan fingerprint density at radius 2 is 2.15 bits per heavy atom. The van der Waals surface area contributed by atoms with Gasteiger partial charge in [0.25, 0.3) is 0 Å². The Balaban J connectivity index is 1.70. The number of aryl methyl sites for hydroxylation is 1. The third kappa shape index (κ3) is 3.13. The molecule has 4 nitrogen and oxygen atoms in total. The number of fused-ring (bicyclic) bond motifs is 1. The van der Waals surface area contributed by atoms with Gasteiger partial charge >= 0.3 is 0 Å². The first-order valence-electron chi connectivity index (χ1n) is 7.60. The molecule has 3 rings (SSSR count). The monoisotopic (exact) mass is 294 g/mol. The normalized spacial score (nSPS) is 28.4. The standard InChI is InChI=1S/C15H23ClN4/c1-11-7-14(16)18-15(17-11)10-20-9-13-5-3-4-6-19(13)8-12(20)2/h7,12-13H,3-6,8-10H2,1-2H3. The predicted octanol–water partition coefficient (Wildman–Crippen LogP) is 2.50. The zero-order chi connectivity index (χ0) is 14.1. The maximum absolute atomic E-state index is 6.04. The molecule has 110 valence electrons. The third-order valence-electron chi connectivity index (χ3n) is 4.53. The second-order valence-corrected chi connectivity index (χ2v) is 6.56. The average Bonchev–Trinajstić information content (AvgIpc) is 2.38. The van der Waals surface area contributed by atoms with E-state index in [2.05, 4.69) is 26.7 Å². The van der Waals surface area contributed by atoms with Crippen molar-refractivity contribution >= 4 is 11.6 Å². The van der Waals surface area contributed by atoms with Crippen molar-refractivity contribution < 1.29 is 0 Å². The molecule has 2 aliphatic rings. The third-order valence-corrected chi connectivity index (χ3v) is 4.72. The van der Waals surface area contributed by atoms with Crippen molar-refractivity contribution in [3.8, 4) is 0 Å². The van der Waals surface area contributed by atoms with Crippen molar-refractivity contribution in [2.75, 3.05) is 19.6 Å². The van der Waals surface area contributed by atoms with Crippen LogP contribution in [0, 0.1) is 6.92 Å². The maximum atomic E-state index is 6.04. The number of nitrogens with zero attached hydrogens (tertiary/aromatic N) is 4. The first-order chi connectivity index (χ1) is 9.61. The van der Waals surface area contributed by atoms with Crippen molar-refractivity contribution in [1.29, 1.82) is 0 Å². The number of hydrogen-bond acceptors (Lipinski definition) is 4. The van der Waals surface area contributed by atoms with Gasteiger partial charge in [-0.1, -0.05) is 18.0 Å². The smallest absolute Gasteiger partial charge is 0.144 e. The molecule has 0 aliphatic carbocycles. The van der Waals surface area contributed by atoms with Crippen LogP contribution >= 0.6 is 11.6 Å². The SMILES string of the molecule is Cc1cc(Cl)nc(CN2CC3CCCCN3CC2C)n1. The van der Waals surface area contributed by atoms with Gasteiger partial charge in [-0.3, -0.25) is 9.80 Å². The summed E-state index contributed by atoms with van der Waals surface area (Å²) >= 11 is 6.04. The van der Waals surface area contributed by atoms with Crippen LogP contribution in [0.3, 0.4) is 0 Å². The lowest BCUT2D eigenvalue weighted by Crippen LogP contribution is -2.58. The Kier molecular flexibility index (Phi) is 4.24. The van der Waals surface area contributed by atoms with Crippen molar-refractivity contribution in [2.24, 2.45) is 0 Å². The summed E-state index contributed by atoms with van der Waals surface area (Å²) in [5.41, 5.74) is 0.948. The second-order valence-electron chi connectivity index (χ2n) is 6.17. The van der Waals surface area contributed by atoms with Crippen molar-refractivity contribution in [3.05, 3.63) is 22.7 Å². The molecule has 2 fully saturated rings. The topological polar surface area (TPSA) is 32.3 Å². The lowest BCUT2D eigenvalue weighted by Gasteiger charge is -2.47. The highest BCUT2D eigenvalue weighted by molar-refractivity contribution is 6.29. The Hall–Kier alpha value is -0.710. The Labute approximate surface area is 126 Å². The lowest BCUT2D eigenvalue weighted by atomic mass is 9.97. The minimum absolute atomic E-state index is 0.552. The van der Waals surface area contributed by atoms with E-state index < -0.39 is 0 Å². The van der Waals surface area contributed by atoms with Gasteiger partial charge in [-0.15, -0.1) is 0 Å². The highest BCUT2D eigenvalue weighted by Gasteiger charge is 2.33. The number of piperidine rings is 1. The Bertz CT molecular complexity index is 459. The van der Waals surface area contributed by atoms with Crippen LogP contribution in [0.2, 0.25) is 5.15 Å². The highest BCUT2D eigenvalue weighted by atomic mass is 35.5. The molecular weight excluding hydrogens is 272 g/mol. The molecule has 2 unspecified atom stereocenters. The van der Waals surface area contributed by atoms with Crippen molar-refractivity contribution in [2.45, 2.75) is 51.7 Å². The van der Waals surface area contributed by atoms with Gasteiger partial charge in [0.2, 0.25) is 0 Å². The zero-order valence-electron chi connectivity index (χ0n) is 12.3. The molecule has 0 spiro atoms. The molecule has 0 saturated carbocycles. The van der Waals surface area contributed by atoms with E-state index >= 15 is 0 Å². The highest BCUT2D eigenvalue weighted by Crippen LogP contribution is 2.24. The van der Waals surface area contributed by atoms with Gasteiger partial charge in [-0.25, -0.2) is 9.97 Å². The first-order valence-corrected chi connectivity index (χ1v) is 7.98. The summed E-state index contributed by atoms with van der Waals surface area (Å²) in [6, 6.07) is 3.10. The molecule has 1 aromatic heterocycles. The quantitative estimate of drug-likeness (QED) is 0.785. The molecule has 20 heavy (non-hydrogen) atoms. The summed E-state index contributed by atoms with van der Waals surface area (Å²) in [6.45, 7) is 8.67. The molecule has 2 saturated heterocycles. The average molecular weight is 295 g/mol. The van der Waals surface area contributed by atoms with E-state index in [1.54, 1.807) is 0 Å². The molecule has 0 N–H and O–H groups in total. The molecule has 0 radical (unpaired) electrons. The van der Waals surface area contributed by atoms with E-state index in [-0.39, 0.29) is 0 Å². The van der Waals surface area contributed by atoms with E-state index in [4.69, 9.17) is 11.6 Å². The molecule has 0 amide bonds. The van der Waals surface area contributed by atoms with Gasteiger partial charge in [-0.2, -0.15) is 0 Å². The summed E-state index contributed by atoms with van der Waals surface area (Å²) in [7, 11) is 0. The Morgan fingerprint density at radius 3 is 2.95 bits per heavy atom. The van der Waals surface area contributed by atoms with E-state index in [0.717, 1.165) is 30.6 Å². The molecule has 0 bridgehead atoms. The fraction of sp³-hybridized carbons (Fsp3) is 0.733. The molecule has 0 aromatic carbocycles. The number of piperazine rings is 1. The van der Waals surface area contributed by atoms with Crippen LogP contribution in [0.4, 0.5) is 0 Å². The molecule has 1 aromatic rings. The van der Waals surface area contributed by atoms with Gasteiger partial charge in [0, 0.05) is 30.9 Å². The van der Waals surface area contributed by atoms with Crippen LogP contribution in [0.15, 0.2) is 6.07 Å². The van der Waals surface area contributed by atoms with Crippen LogP contribution in [-0.2, 0) is 6.54 Å². The molecular formula is C15H23ClN4. The van der Waals surface area contributed by atoms with E-state index in [1.807, 2.05) is 13.0 Å².